The van der Waals surface area contributed by atoms with Gasteiger partial charge in [0.1, 0.15) is 5.75 Å². The van der Waals surface area contributed by atoms with Gasteiger partial charge in [0.25, 0.3) is 5.91 Å². The van der Waals surface area contributed by atoms with E-state index < -0.39 is 5.91 Å². The Morgan fingerprint density at radius 2 is 1.89 bits per heavy atom. The van der Waals surface area contributed by atoms with E-state index in [9.17, 15) is 4.79 Å². The lowest BCUT2D eigenvalue weighted by Gasteiger charge is -2.16. The molecule has 0 atom stereocenters. The molecule has 2 rings (SSSR count). The normalized spacial score (nSPS) is 16.8. The lowest BCUT2D eigenvalue weighted by atomic mass is 10.0. The van der Waals surface area contributed by atoms with Gasteiger partial charge in [-0.3, -0.25) is 4.79 Å². The van der Waals surface area contributed by atoms with E-state index in [1.807, 2.05) is 0 Å². The Kier molecular flexibility index (Phi) is 4.66. The van der Waals surface area contributed by atoms with Crippen molar-refractivity contribution in [3.05, 3.63) is 23.8 Å². The molecular weight excluding hydrogens is 240 g/mol. The first kappa shape index (κ1) is 13.7. The molecule has 0 spiro atoms. The van der Waals surface area contributed by atoms with Crippen LogP contribution in [0, 0.1) is 5.92 Å². The van der Waals surface area contributed by atoms with E-state index in [0.29, 0.717) is 29.5 Å². The van der Waals surface area contributed by atoms with Crippen LogP contribution in [0.2, 0.25) is 0 Å². The molecule has 1 fully saturated rings. The van der Waals surface area contributed by atoms with Crippen LogP contribution in [0.1, 0.15) is 48.9 Å². The Labute approximate surface area is 114 Å². The van der Waals surface area contributed by atoms with E-state index in [1.165, 1.54) is 38.5 Å². The summed E-state index contributed by atoms with van der Waals surface area (Å²) in [5, 5.41) is 0. The molecule has 4 heteroatoms. The number of rotatable bonds is 4. The predicted octanol–water partition coefficient (Wildman–Crippen LogP) is 2.72. The molecule has 4 N–H and O–H groups in total. The average molecular weight is 262 g/mol. The number of carbonyl (C=O) groups excluding carboxylic acids is 1. The zero-order chi connectivity index (χ0) is 13.7. The SMILES string of the molecule is NC(=O)c1cccc(OCC2CCCCCC2)c1N. The lowest BCUT2D eigenvalue weighted by molar-refractivity contribution is 0.100. The van der Waals surface area contributed by atoms with Gasteiger partial charge in [0, 0.05) is 0 Å². The number of nitrogen functional groups attached to an aromatic ring is 1. The molecular formula is C15H22N2O2. The third-order valence-electron chi connectivity index (χ3n) is 3.78. The maximum atomic E-state index is 11.2. The third kappa shape index (κ3) is 3.63. The number of ether oxygens (including phenoxy) is 1. The molecule has 1 amide bonds. The number of hydrogen-bond acceptors (Lipinski definition) is 3. The Morgan fingerprint density at radius 3 is 2.53 bits per heavy atom. The molecule has 0 heterocycles. The molecule has 19 heavy (non-hydrogen) atoms. The van der Waals surface area contributed by atoms with Crippen LogP contribution in [-0.4, -0.2) is 12.5 Å². The number of carbonyl (C=O) groups is 1. The third-order valence-corrected chi connectivity index (χ3v) is 3.78. The molecule has 0 saturated heterocycles. The molecule has 1 aromatic rings. The summed E-state index contributed by atoms with van der Waals surface area (Å²) in [5.41, 5.74) is 11.9. The monoisotopic (exact) mass is 262 g/mol. The number of nitrogens with two attached hydrogens (primary N) is 2. The molecule has 1 aromatic carbocycles. The van der Waals surface area contributed by atoms with E-state index in [4.69, 9.17) is 16.2 Å². The van der Waals surface area contributed by atoms with E-state index in [1.54, 1.807) is 18.2 Å². The molecule has 0 unspecified atom stereocenters. The number of benzene rings is 1. The molecule has 1 aliphatic carbocycles. The molecule has 0 aromatic heterocycles. The first-order valence-electron chi connectivity index (χ1n) is 6.99. The quantitative estimate of drug-likeness (QED) is 0.647. The standard InChI is InChI=1S/C15H22N2O2/c16-14-12(15(17)18)8-5-9-13(14)19-10-11-6-3-1-2-4-7-11/h5,8-9,11H,1-4,6-7,10,16H2,(H2,17,18). The van der Waals surface area contributed by atoms with E-state index >= 15 is 0 Å². The van der Waals surface area contributed by atoms with Gasteiger partial charge in [-0.1, -0.05) is 31.7 Å². The van der Waals surface area contributed by atoms with Gasteiger partial charge in [-0.25, -0.2) is 0 Å². The maximum absolute atomic E-state index is 11.2. The van der Waals surface area contributed by atoms with Crippen LogP contribution in [0.25, 0.3) is 0 Å². The number of amides is 1. The second-order valence-corrected chi connectivity index (χ2v) is 5.25. The summed E-state index contributed by atoms with van der Waals surface area (Å²) in [5.74, 6) is 0.650. The van der Waals surface area contributed by atoms with Gasteiger partial charge in [0.15, 0.2) is 0 Å². The summed E-state index contributed by atoms with van der Waals surface area (Å²) in [4.78, 5) is 11.2. The van der Waals surface area contributed by atoms with Crippen molar-refractivity contribution < 1.29 is 9.53 Å². The smallest absolute Gasteiger partial charge is 0.250 e. The van der Waals surface area contributed by atoms with Crippen molar-refractivity contribution in [2.24, 2.45) is 11.7 Å². The lowest BCUT2D eigenvalue weighted by Crippen LogP contribution is -2.16. The van der Waals surface area contributed by atoms with Crippen LogP contribution in [0.4, 0.5) is 5.69 Å². The molecule has 104 valence electrons. The minimum Gasteiger partial charge on any atom is -0.491 e. The van der Waals surface area contributed by atoms with Crippen molar-refractivity contribution >= 4 is 11.6 Å². The van der Waals surface area contributed by atoms with Gasteiger partial charge in [-0.2, -0.15) is 0 Å². The van der Waals surface area contributed by atoms with Crippen LogP contribution in [-0.2, 0) is 0 Å². The highest BCUT2D eigenvalue weighted by molar-refractivity contribution is 5.99. The minimum atomic E-state index is -0.516. The van der Waals surface area contributed by atoms with Crippen molar-refractivity contribution in [3.63, 3.8) is 0 Å². The molecule has 0 bridgehead atoms. The summed E-state index contributed by atoms with van der Waals surface area (Å²) in [6.45, 7) is 0.673. The Morgan fingerprint density at radius 1 is 1.21 bits per heavy atom. The fourth-order valence-corrected chi connectivity index (χ4v) is 2.62. The Balaban J connectivity index is 1.99. The molecule has 4 nitrogen and oxygen atoms in total. The van der Waals surface area contributed by atoms with Crippen molar-refractivity contribution in [2.75, 3.05) is 12.3 Å². The summed E-state index contributed by atoms with van der Waals surface area (Å²) < 4.78 is 5.79. The zero-order valence-corrected chi connectivity index (χ0v) is 11.2. The fraction of sp³-hybridized carbons (Fsp3) is 0.533. The predicted molar refractivity (Wildman–Crippen MR) is 76.1 cm³/mol. The summed E-state index contributed by atoms with van der Waals surface area (Å²) in [7, 11) is 0. The highest BCUT2D eigenvalue weighted by Crippen LogP contribution is 2.28. The molecule has 1 aliphatic rings. The molecule has 0 aliphatic heterocycles. The van der Waals surface area contributed by atoms with Gasteiger partial charge < -0.3 is 16.2 Å². The summed E-state index contributed by atoms with van der Waals surface area (Å²) in [6.07, 6.45) is 7.66. The highest BCUT2D eigenvalue weighted by atomic mass is 16.5. The average Bonchev–Trinajstić information content (AvgIpc) is 2.66. The molecule has 1 saturated carbocycles. The van der Waals surface area contributed by atoms with Crippen LogP contribution in [0.3, 0.4) is 0 Å². The van der Waals surface area contributed by atoms with Crippen molar-refractivity contribution in [2.45, 2.75) is 38.5 Å². The first-order chi connectivity index (χ1) is 9.18. The van der Waals surface area contributed by atoms with E-state index in [2.05, 4.69) is 0 Å². The van der Waals surface area contributed by atoms with Crippen molar-refractivity contribution in [1.29, 1.82) is 0 Å². The number of hydrogen-bond donors (Lipinski definition) is 2. The van der Waals surface area contributed by atoms with Gasteiger partial charge in [0.05, 0.1) is 17.9 Å². The van der Waals surface area contributed by atoms with Crippen molar-refractivity contribution in [3.8, 4) is 5.75 Å². The van der Waals surface area contributed by atoms with Gasteiger partial charge >= 0.3 is 0 Å². The number of para-hydroxylation sites is 1. The highest BCUT2D eigenvalue weighted by Gasteiger charge is 2.15. The fourth-order valence-electron chi connectivity index (χ4n) is 2.62. The Hall–Kier alpha value is -1.71. The summed E-state index contributed by atoms with van der Waals surface area (Å²) in [6, 6.07) is 5.16. The van der Waals surface area contributed by atoms with Gasteiger partial charge in [0.2, 0.25) is 0 Å². The minimum absolute atomic E-state index is 0.332. The zero-order valence-electron chi connectivity index (χ0n) is 11.2. The van der Waals surface area contributed by atoms with Crippen LogP contribution < -0.4 is 16.2 Å². The van der Waals surface area contributed by atoms with E-state index in [-0.39, 0.29) is 0 Å². The number of anilines is 1. The van der Waals surface area contributed by atoms with Gasteiger partial charge in [-0.15, -0.1) is 0 Å². The van der Waals surface area contributed by atoms with Crippen LogP contribution in [0.5, 0.6) is 5.75 Å². The largest absolute Gasteiger partial charge is 0.491 e. The summed E-state index contributed by atoms with van der Waals surface area (Å²) >= 11 is 0. The Bertz CT molecular complexity index is 438. The van der Waals surface area contributed by atoms with Crippen LogP contribution in [0.15, 0.2) is 18.2 Å². The number of primary amides is 1. The second-order valence-electron chi connectivity index (χ2n) is 5.25. The van der Waals surface area contributed by atoms with E-state index in [0.717, 1.165) is 0 Å². The first-order valence-corrected chi connectivity index (χ1v) is 6.99. The van der Waals surface area contributed by atoms with Crippen molar-refractivity contribution in [1.82, 2.24) is 0 Å². The second kappa shape index (κ2) is 6.45. The van der Waals surface area contributed by atoms with Gasteiger partial charge in [-0.05, 0) is 30.9 Å². The topological polar surface area (TPSA) is 78.3 Å². The van der Waals surface area contributed by atoms with Crippen LogP contribution >= 0.6 is 0 Å². The molecule has 0 radical (unpaired) electrons. The maximum Gasteiger partial charge on any atom is 0.250 e.